The Balaban J connectivity index is 1.61. The molecule has 130 valence electrons. The van der Waals surface area contributed by atoms with E-state index in [2.05, 4.69) is 4.99 Å². The molecule has 0 radical (unpaired) electrons. The zero-order chi connectivity index (χ0) is 18.6. The summed E-state index contributed by atoms with van der Waals surface area (Å²) in [4.78, 5) is 16.9. The highest BCUT2D eigenvalue weighted by Crippen LogP contribution is 2.26. The van der Waals surface area contributed by atoms with Crippen molar-refractivity contribution >= 4 is 28.5 Å². The largest absolute Gasteiger partial charge is 0.507 e. The zero-order valence-corrected chi connectivity index (χ0v) is 14.5. The number of hydrogen-bond donors (Lipinski definition) is 1. The summed E-state index contributed by atoms with van der Waals surface area (Å²) in [6, 6.07) is 27.7. The summed E-state index contributed by atoms with van der Waals surface area (Å²) in [7, 11) is 0. The first-order chi connectivity index (χ1) is 13.2. The average Bonchev–Trinajstić information content (AvgIpc) is 2.73. The van der Waals surface area contributed by atoms with Crippen molar-refractivity contribution in [3.05, 3.63) is 108 Å². The molecule has 0 aromatic heterocycles. The van der Waals surface area contributed by atoms with Gasteiger partial charge < -0.3 is 5.11 Å². The SMILES string of the molecule is O=C(c1ccccc1)c1ccc(N=Cc2c(O)ccc3ccccc23)cc1. The van der Waals surface area contributed by atoms with Crippen molar-refractivity contribution in [1.29, 1.82) is 0 Å². The van der Waals surface area contributed by atoms with E-state index in [4.69, 9.17) is 0 Å². The molecule has 0 aliphatic carbocycles. The van der Waals surface area contributed by atoms with Gasteiger partial charge in [0.2, 0.25) is 0 Å². The number of phenols is 1. The Morgan fingerprint density at radius 2 is 1.41 bits per heavy atom. The summed E-state index contributed by atoms with van der Waals surface area (Å²) >= 11 is 0. The Labute approximate surface area is 157 Å². The zero-order valence-electron chi connectivity index (χ0n) is 14.5. The summed E-state index contributed by atoms with van der Waals surface area (Å²) in [5.41, 5.74) is 2.67. The molecule has 0 aliphatic heterocycles. The highest BCUT2D eigenvalue weighted by Gasteiger charge is 2.08. The van der Waals surface area contributed by atoms with Crippen molar-refractivity contribution in [2.24, 2.45) is 4.99 Å². The van der Waals surface area contributed by atoms with Crippen LogP contribution in [0.5, 0.6) is 5.75 Å². The van der Waals surface area contributed by atoms with Gasteiger partial charge in [-0.25, -0.2) is 0 Å². The third-order valence-electron chi connectivity index (χ3n) is 4.46. The van der Waals surface area contributed by atoms with Gasteiger partial charge in [-0.1, -0.05) is 60.7 Å². The van der Waals surface area contributed by atoms with Gasteiger partial charge in [-0.15, -0.1) is 0 Å². The molecule has 3 nitrogen and oxygen atoms in total. The summed E-state index contributed by atoms with van der Waals surface area (Å²) in [5.74, 6) is 0.172. The van der Waals surface area contributed by atoms with Crippen LogP contribution < -0.4 is 0 Å². The van der Waals surface area contributed by atoms with Crippen LogP contribution in [0.1, 0.15) is 21.5 Å². The molecule has 4 aromatic carbocycles. The maximum absolute atomic E-state index is 12.5. The Morgan fingerprint density at radius 3 is 2.19 bits per heavy atom. The Hall–Kier alpha value is -3.72. The van der Waals surface area contributed by atoms with E-state index >= 15 is 0 Å². The Morgan fingerprint density at radius 1 is 0.741 bits per heavy atom. The van der Waals surface area contributed by atoms with Crippen LogP contribution in [0.25, 0.3) is 10.8 Å². The molecule has 0 amide bonds. The quantitative estimate of drug-likeness (QED) is 0.388. The molecule has 0 saturated carbocycles. The highest BCUT2D eigenvalue weighted by molar-refractivity contribution is 6.09. The van der Waals surface area contributed by atoms with Gasteiger partial charge >= 0.3 is 0 Å². The summed E-state index contributed by atoms with van der Waals surface area (Å²) in [6.07, 6.45) is 1.66. The molecule has 1 N–H and O–H groups in total. The van der Waals surface area contributed by atoms with E-state index in [-0.39, 0.29) is 11.5 Å². The Kier molecular flexibility index (Phi) is 4.50. The summed E-state index contributed by atoms with van der Waals surface area (Å²) in [5, 5.41) is 12.2. The molecular weight excluding hydrogens is 334 g/mol. The maximum Gasteiger partial charge on any atom is 0.193 e. The van der Waals surface area contributed by atoms with E-state index in [1.807, 2.05) is 48.5 Å². The minimum Gasteiger partial charge on any atom is -0.507 e. The average molecular weight is 351 g/mol. The minimum absolute atomic E-state index is 0.0159. The van der Waals surface area contributed by atoms with Crippen LogP contribution >= 0.6 is 0 Å². The third-order valence-corrected chi connectivity index (χ3v) is 4.46. The number of hydrogen-bond acceptors (Lipinski definition) is 3. The lowest BCUT2D eigenvalue weighted by Gasteiger charge is -2.05. The first-order valence-electron chi connectivity index (χ1n) is 8.67. The maximum atomic E-state index is 12.5. The lowest BCUT2D eigenvalue weighted by atomic mass is 10.0. The van der Waals surface area contributed by atoms with Gasteiger partial charge in [-0.2, -0.15) is 0 Å². The van der Waals surface area contributed by atoms with Gasteiger partial charge in [-0.3, -0.25) is 9.79 Å². The van der Waals surface area contributed by atoms with Gasteiger partial charge in [0.05, 0.1) is 5.69 Å². The standard InChI is InChI=1S/C24H17NO2/c26-23-15-12-17-6-4-5-9-21(17)22(23)16-25-20-13-10-19(11-14-20)24(27)18-7-2-1-3-8-18/h1-16,26H. The molecule has 4 rings (SSSR count). The number of benzene rings is 4. The van der Waals surface area contributed by atoms with Gasteiger partial charge in [0.1, 0.15) is 5.75 Å². The van der Waals surface area contributed by atoms with Gasteiger partial charge in [-0.05, 0) is 41.1 Å². The van der Waals surface area contributed by atoms with E-state index in [1.165, 1.54) is 0 Å². The summed E-state index contributed by atoms with van der Waals surface area (Å²) < 4.78 is 0. The molecule has 0 aliphatic rings. The molecule has 3 heteroatoms. The number of aromatic hydroxyl groups is 1. The number of ketones is 1. The van der Waals surface area contributed by atoms with Gasteiger partial charge in [0, 0.05) is 22.9 Å². The minimum atomic E-state index is -0.0159. The van der Waals surface area contributed by atoms with Crippen molar-refractivity contribution in [2.75, 3.05) is 0 Å². The van der Waals surface area contributed by atoms with Crippen molar-refractivity contribution in [3.8, 4) is 5.75 Å². The fraction of sp³-hybridized carbons (Fsp3) is 0. The molecule has 0 fully saturated rings. The molecule has 0 saturated heterocycles. The van der Waals surface area contributed by atoms with Crippen LogP contribution in [0.15, 0.2) is 96.0 Å². The predicted molar refractivity (Wildman–Crippen MR) is 109 cm³/mol. The summed E-state index contributed by atoms with van der Waals surface area (Å²) in [6.45, 7) is 0. The smallest absolute Gasteiger partial charge is 0.193 e. The molecular formula is C24H17NO2. The van der Waals surface area contributed by atoms with Crippen LogP contribution in [0, 0.1) is 0 Å². The van der Waals surface area contributed by atoms with Crippen molar-refractivity contribution in [1.82, 2.24) is 0 Å². The molecule has 0 bridgehead atoms. The van der Waals surface area contributed by atoms with Crippen LogP contribution in [0.2, 0.25) is 0 Å². The molecule has 0 unspecified atom stereocenters. The van der Waals surface area contributed by atoms with Gasteiger partial charge in [0.25, 0.3) is 0 Å². The fourth-order valence-electron chi connectivity index (χ4n) is 3.01. The first kappa shape index (κ1) is 16.7. The van der Waals surface area contributed by atoms with Crippen molar-refractivity contribution in [3.63, 3.8) is 0 Å². The fourth-order valence-corrected chi connectivity index (χ4v) is 3.01. The number of fused-ring (bicyclic) bond motifs is 1. The predicted octanol–water partition coefficient (Wildman–Crippen LogP) is 5.53. The third kappa shape index (κ3) is 3.48. The molecule has 4 aromatic rings. The lowest BCUT2D eigenvalue weighted by Crippen LogP contribution is -2.00. The number of nitrogens with zero attached hydrogens (tertiary/aromatic N) is 1. The number of carbonyl (C=O) groups excluding carboxylic acids is 1. The number of phenolic OH excluding ortho intramolecular Hbond substituents is 1. The number of carbonyl (C=O) groups is 1. The molecule has 0 spiro atoms. The van der Waals surface area contributed by atoms with E-state index in [0.717, 1.165) is 10.8 Å². The lowest BCUT2D eigenvalue weighted by molar-refractivity contribution is 0.103. The van der Waals surface area contributed by atoms with E-state index < -0.39 is 0 Å². The first-order valence-corrected chi connectivity index (χ1v) is 8.67. The normalized spacial score (nSPS) is 11.1. The van der Waals surface area contributed by atoms with E-state index in [0.29, 0.717) is 22.4 Å². The van der Waals surface area contributed by atoms with Crippen LogP contribution in [-0.4, -0.2) is 17.1 Å². The monoisotopic (exact) mass is 351 g/mol. The Bertz CT molecular complexity index is 1130. The van der Waals surface area contributed by atoms with Crippen LogP contribution in [0.3, 0.4) is 0 Å². The molecule has 27 heavy (non-hydrogen) atoms. The van der Waals surface area contributed by atoms with Crippen molar-refractivity contribution in [2.45, 2.75) is 0 Å². The second-order valence-corrected chi connectivity index (χ2v) is 6.22. The molecule has 0 heterocycles. The van der Waals surface area contributed by atoms with E-state index in [9.17, 15) is 9.90 Å². The topological polar surface area (TPSA) is 49.7 Å². The van der Waals surface area contributed by atoms with Crippen LogP contribution in [0.4, 0.5) is 5.69 Å². The number of aliphatic imine (C=N–C) groups is 1. The second-order valence-electron chi connectivity index (χ2n) is 6.22. The van der Waals surface area contributed by atoms with E-state index in [1.54, 1.807) is 48.7 Å². The van der Waals surface area contributed by atoms with Gasteiger partial charge in [0.15, 0.2) is 5.78 Å². The van der Waals surface area contributed by atoms with Crippen molar-refractivity contribution < 1.29 is 9.90 Å². The molecule has 0 atom stereocenters. The van der Waals surface area contributed by atoms with Crippen LogP contribution in [-0.2, 0) is 0 Å². The second kappa shape index (κ2) is 7.26. The number of rotatable bonds is 4. The highest BCUT2D eigenvalue weighted by atomic mass is 16.3.